The second-order valence-electron chi connectivity index (χ2n) is 5.40. The van der Waals surface area contributed by atoms with E-state index in [-0.39, 0.29) is 24.5 Å². The van der Waals surface area contributed by atoms with Crippen molar-refractivity contribution in [1.82, 2.24) is 4.90 Å². The van der Waals surface area contributed by atoms with Gasteiger partial charge in [-0.15, -0.1) is 0 Å². The van der Waals surface area contributed by atoms with Crippen molar-refractivity contribution in [2.45, 2.75) is 19.4 Å². The Morgan fingerprint density at radius 2 is 2.26 bits per heavy atom. The number of hydrogen-bond donors (Lipinski definition) is 2. The first-order valence-electron chi connectivity index (χ1n) is 6.54. The van der Waals surface area contributed by atoms with Crippen LogP contribution in [0.2, 0.25) is 0 Å². The summed E-state index contributed by atoms with van der Waals surface area (Å²) in [6.45, 7) is 2.03. The molecule has 0 aromatic heterocycles. The van der Waals surface area contributed by atoms with Crippen molar-refractivity contribution in [3.8, 4) is 0 Å². The molecule has 2 atom stereocenters. The second kappa shape index (κ2) is 4.38. The van der Waals surface area contributed by atoms with Crippen molar-refractivity contribution in [1.29, 1.82) is 0 Å². The predicted octanol–water partition coefficient (Wildman–Crippen LogP) is 1.30. The Morgan fingerprint density at radius 1 is 1.47 bits per heavy atom. The quantitative estimate of drug-likeness (QED) is 0.798. The number of nitrogens with zero attached hydrogens (tertiary/aromatic N) is 1. The number of rotatable bonds is 1. The number of amides is 1. The van der Waals surface area contributed by atoms with Crippen LogP contribution < -0.4 is 5.32 Å². The lowest BCUT2D eigenvalue weighted by atomic mass is 9.80. The predicted molar refractivity (Wildman–Crippen MR) is 73.7 cm³/mol. The van der Waals surface area contributed by atoms with E-state index in [0.29, 0.717) is 0 Å². The topological polar surface area (TPSA) is 52.6 Å². The molecule has 2 aliphatic heterocycles. The average Bonchev–Trinajstić information content (AvgIpc) is 2.41. The fourth-order valence-electron chi connectivity index (χ4n) is 3.03. The van der Waals surface area contributed by atoms with E-state index in [4.69, 9.17) is 0 Å². The van der Waals surface area contributed by atoms with Gasteiger partial charge in [-0.3, -0.25) is 4.79 Å². The van der Waals surface area contributed by atoms with Gasteiger partial charge in [-0.05, 0) is 30.5 Å². The van der Waals surface area contributed by atoms with E-state index in [0.717, 1.165) is 17.7 Å². The number of hydrogen-bond acceptors (Lipinski definition) is 3. The van der Waals surface area contributed by atoms with E-state index >= 15 is 0 Å². The van der Waals surface area contributed by atoms with Crippen LogP contribution in [0.4, 0.5) is 5.69 Å². The fourth-order valence-corrected chi connectivity index (χ4v) is 3.03. The normalized spacial score (nSPS) is 25.3. The van der Waals surface area contributed by atoms with Gasteiger partial charge in [0.05, 0.1) is 18.6 Å². The highest BCUT2D eigenvalue weighted by atomic mass is 16.3. The number of aliphatic hydroxyl groups excluding tert-OH is 1. The Balaban J connectivity index is 2.02. The van der Waals surface area contributed by atoms with Crippen molar-refractivity contribution in [2.75, 3.05) is 19.0 Å². The van der Waals surface area contributed by atoms with E-state index in [2.05, 4.69) is 30.4 Å². The number of carbonyl (C=O) groups excluding carboxylic acids is 1. The van der Waals surface area contributed by atoms with Gasteiger partial charge in [0.15, 0.2) is 0 Å². The Bertz CT molecular complexity index is 565. The molecule has 2 aliphatic rings. The van der Waals surface area contributed by atoms with Crippen LogP contribution in [-0.4, -0.2) is 35.6 Å². The summed E-state index contributed by atoms with van der Waals surface area (Å²) in [6, 6.07) is 6.16. The molecule has 2 N–H and O–H groups in total. The van der Waals surface area contributed by atoms with Gasteiger partial charge in [-0.2, -0.15) is 0 Å². The molecule has 19 heavy (non-hydrogen) atoms. The Hall–Kier alpha value is -1.81. The lowest BCUT2D eigenvalue weighted by molar-refractivity contribution is -0.133. The number of carbonyl (C=O) groups is 1. The minimum Gasteiger partial charge on any atom is -0.392 e. The Kier molecular flexibility index (Phi) is 2.82. The molecule has 1 aromatic rings. The van der Waals surface area contributed by atoms with Crippen LogP contribution >= 0.6 is 0 Å². The van der Waals surface area contributed by atoms with Gasteiger partial charge < -0.3 is 15.3 Å². The summed E-state index contributed by atoms with van der Waals surface area (Å²) in [6.07, 6.45) is 2.48. The first-order chi connectivity index (χ1) is 9.10. The molecule has 0 saturated heterocycles. The van der Waals surface area contributed by atoms with Gasteiger partial charge >= 0.3 is 0 Å². The van der Waals surface area contributed by atoms with Gasteiger partial charge in [-0.1, -0.05) is 17.7 Å². The Labute approximate surface area is 112 Å². The zero-order chi connectivity index (χ0) is 13.6. The molecule has 1 aromatic carbocycles. The van der Waals surface area contributed by atoms with Gasteiger partial charge in [-0.25, -0.2) is 0 Å². The standard InChI is InChI=1S/C15H18N2O2/c1-9-3-4-13-10(5-9)6-12-14(16-13)11(8-18)7-17(2)15(12)19/h3-5,7,12,14,16,18H,6,8H2,1-2H3/t12-,14-/m0/s1. The molecule has 2 heterocycles. The molecule has 0 saturated carbocycles. The van der Waals surface area contributed by atoms with Crippen LogP contribution in [0.3, 0.4) is 0 Å². The fraction of sp³-hybridized carbons (Fsp3) is 0.400. The maximum absolute atomic E-state index is 12.3. The molecule has 0 unspecified atom stereocenters. The average molecular weight is 258 g/mol. The maximum Gasteiger partial charge on any atom is 0.232 e. The summed E-state index contributed by atoms with van der Waals surface area (Å²) in [5.74, 6) is -0.00620. The van der Waals surface area contributed by atoms with E-state index in [1.54, 1.807) is 18.1 Å². The molecule has 0 bridgehead atoms. The molecule has 4 heteroatoms. The number of aryl methyl sites for hydroxylation is 1. The summed E-state index contributed by atoms with van der Waals surface area (Å²) >= 11 is 0. The van der Waals surface area contributed by atoms with Crippen LogP contribution in [0, 0.1) is 12.8 Å². The number of nitrogens with one attached hydrogen (secondary N) is 1. The second-order valence-corrected chi connectivity index (χ2v) is 5.40. The summed E-state index contributed by atoms with van der Waals surface area (Å²) in [5, 5.41) is 12.9. The van der Waals surface area contributed by atoms with Crippen LogP contribution in [0.1, 0.15) is 11.1 Å². The first kappa shape index (κ1) is 12.2. The lowest BCUT2D eigenvalue weighted by Gasteiger charge is -2.40. The molecule has 0 spiro atoms. The highest BCUT2D eigenvalue weighted by Gasteiger charge is 2.39. The minimum atomic E-state index is -0.119. The van der Waals surface area contributed by atoms with Gasteiger partial charge in [0.1, 0.15) is 0 Å². The lowest BCUT2D eigenvalue weighted by Crippen LogP contribution is -2.49. The van der Waals surface area contributed by atoms with Crippen molar-refractivity contribution in [2.24, 2.45) is 5.92 Å². The number of fused-ring (bicyclic) bond motifs is 2. The van der Waals surface area contributed by atoms with Gasteiger partial charge in [0.25, 0.3) is 0 Å². The van der Waals surface area contributed by atoms with Gasteiger partial charge in [0.2, 0.25) is 5.91 Å². The van der Waals surface area contributed by atoms with E-state index in [1.165, 1.54) is 11.1 Å². The van der Waals surface area contributed by atoms with Crippen molar-refractivity contribution >= 4 is 11.6 Å². The van der Waals surface area contributed by atoms with Crippen molar-refractivity contribution < 1.29 is 9.90 Å². The summed E-state index contributed by atoms with van der Waals surface area (Å²) in [5.41, 5.74) is 4.33. The molecule has 0 aliphatic carbocycles. The molecule has 0 fully saturated rings. The number of anilines is 1. The molecule has 1 amide bonds. The molecule has 4 nitrogen and oxygen atoms in total. The third-order valence-corrected chi connectivity index (χ3v) is 4.02. The zero-order valence-corrected chi connectivity index (χ0v) is 11.2. The SMILES string of the molecule is Cc1ccc2c(c1)C[C@@H]1C(=O)N(C)C=C(CO)[C@@H]1N2. The van der Waals surface area contributed by atoms with Crippen molar-refractivity contribution in [3.63, 3.8) is 0 Å². The zero-order valence-electron chi connectivity index (χ0n) is 11.2. The highest BCUT2D eigenvalue weighted by Crippen LogP contribution is 2.35. The number of aliphatic hydroxyl groups is 1. The molecule has 0 radical (unpaired) electrons. The van der Waals surface area contributed by atoms with Crippen LogP contribution in [-0.2, 0) is 11.2 Å². The summed E-state index contributed by atoms with van der Waals surface area (Å²) in [4.78, 5) is 13.9. The summed E-state index contributed by atoms with van der Waals surface area (Å²) in [7, 11) is 1.75. The van der Waals surface area contributed by atoms with Crippen LogP contribution in [0.5, 0.6) is 0 Å². The van der Waals surface area contributed by atoms with Crippen molar-refractivity contribution in [3.05, 3.63) is 41.1 Å². The minimum absolute atomic E-state index is 0.0209. The Morgan fingerprint density at radius 3 is 3.00 bits per heavy atom. The smallest absolute Gasteiger partial charge is 0.232 e. The number of benzene rings is 1. The van der Waals surface area contributed by atoms with E-state index in [1.807, 2.05) is 0 Å². The van der Waals surface area contributed by atoms with Crippen LogP contribution in [0.25, 0.3) is 0 Å². The molecule has 100 valence electrons. The van der Waals surface area contributed by atoms with E-state index in [9.17, 15) is 9.90 Å². The first-order valence-corrected chi connectivity index (χ1v) is 6.54. The third kappa shape index (κ3) is 1.92. The molecular weight excluding hydrogens is 240 g/mol. The molecular formula is C15H18N2O2. The van der Waals surface area contributed by atoms with Crippen LogP contribution in [0.15, 0.2) is 30.0 Å². The largest absolute Gasteiger partial charge is 0.392 e. The van der Waals surface area contributed by atoms with Gasteiger partial charge in [0, 0.05) is 18.9 Å². The summed E-state index contributed by atoms with van der Waals surface area (Å²) < 4.78 is 0. The maximum atomic E-state index is 12.3. The third-order valence-electron chi connectivity index (χ3n) is 4.02. The van der Waals surface area contributed by atoms with E-state index < -0.39 is 0 Å². The molecule has 3 rings (SSSR count). The monoisotopic (exact) mass is 258 g/mol. The highest BCUT2D eigenvalue weighted by molar-refractivity contribution is 5.84.